The lowest BCUT2D eigenvalue weighted by atomic mass is 9.96. The number of rotatable bonds is 4. The molecule has 1 aliphatic carbocycles. The van der Waals surface area contributed by atoms with E-state index in [2.05, 4.69) is 22.8 Å². The Morgan fingerprint density at radius 2 is 2.30 bits per heavy atom. The van der Waals surface area contributed by atoms with E-state index < -0.39 is 0 Å². The van der Waals surface area contributed by atoms with Crippen molar-refractivity contribution in [2.75, 3.05) is 19.8 Å². The summed E-state index contributed by atoms with van der Waals surface area (Å²) in [5.74, 6) is 1.52. The second-order valence-electron chi connectivity index (χ2n) is 6.78. The lowest BCUT2D eigenvalue weighted by Gasteiger charge is -2.19. The van der Waals surface area contributed by atoms with Gasteiger partial charge < -0.3 is 10.1 Å². The maximum absolute atomic E-state index is 5.73. The first-order valence-electron chi connectivity index (χ1n) is 8.60. The zero-order chi connectivity index (χ0) is 15.6. The predicted octanol–water partition coefficient (Wildman–Crippen LogP) is 4.99. The van der Waals surface area contributed by atoms with E-state index in [4.69, 9.17) is 17.0 Å². The van der Waals surface area contributed by atoms with Gasteiger partial charge in [0.2, 0.25) is 0 Å². The number of nitrogens with one attached hydrogen (secondary N) is 1. The molecule has 1 saturated carbocycles. The highest BCUT2D eigenvalue weighted by Crippen LogP contribution is 2.44. The van der Waals surface area contributed by atoms with Crippen molar-refractivity contribution in [1.82, 2.24) is 5.32 Å². The molecule has 3 heterocycles. The van der Waals surface area contributed by atoms with Gasteiger partial charge in [-0.05, 0) is 68.0 Å². The molecular formula is C18H23NOS3. The molecule has 0 bridgehead atoms. The average Bonchev–Trinajstić information content (AvgIpc) is 3.18. The minimum Gasteiger partial charge on any atom is -0.379 e. The first-order chi connectivity index (χ1) is 11.3. The molecule has 0 amide bonds. The highest BCUT2D eigenvalue weighted by molar-refractivity contribution is 7.80. The van der Waals surface area contributed by atoms with Crippen LogP contribution >= 0.6 is 34.9 Å². The van der Waals surface area contributed by atoms with Crippen LogP contribution in [0, 0.1) is 5.92 Å². The largest absolute Gasteiger partial charge is 0.379 e. The third-order valence-electron chi connectivity index (χ3n) is 5.12. The van der Waals surface area contributed by atoms with Crippen molar-refractivity contribution < 1.29 is 4.74 Å². The minimum atomic E-state index is 0.290. The molecule has 2 aromatic rings. The first kappa shape index (κ1) is 16.2. The predicted molar refractivity (Wildman–Crippen MR) is 104 cm³/mol. The first-order valence-corrected chi connectivity index (χ1v) is 10.7. The number of thiocarbonyl (C=S) groups is 1. The topological polar surface area (TPSA) is 21.3 Å². The lowest BCUT2D eigenvalue weighted by Crippen LogP contribution is -2.38. The SMILES string of the molecule is S=C(CC1CCC(c2cc3sccc3s2)C1)[C@@H]1COCCCN1. The summed E-state index contributed by atoms with van der Waals surface area (Å²) in [6.45, 7) is 2.66. The van der Waals surface area contributed by atoms with Crippen LogP contribution in [0.1, 0.15) is 42.9 Å². The number of ether oxygens (including phenoxy) is 1. The monoisotopic (exact) mass is 365 g/mol. The fourth-order valence-corrected chi connectivity index (χ4v) is 6.50. The van der Waals surface area contributed by atoms with E-state index >= 15 is 0 Å². The fourth-order valence-electron chi connectivity index (χ4n) is 3.85. The number of hydrogen-bond acceptors (Lipinski definition) is 5. The van der Waals surface area contributed by atoms with Crippen molar-refractivity contribution >= 4 is 49.2 Å². The van der Waals surface area contributed by atoms with Gasteiger partial charge in [0.25, 0.3) is 0 Å². The van der Waals surface area contributed by atoms with E-state index in [0.29, 0.717) is 6.04 Å². The Labute approximate surface area is 151 Å². The Morgan fingerprint density at radius 1 is 1.35 bits per heavy atom. The number of fused-ring (bicyclic) bond motifs is 1. The summed E-state index contributed by atoms with van der Waals surface area (Å²) in [5.41, 5.74) is 0. The van der Waals surface area contributed by atoms with Crippen LogP contribution in [0.2, 0.25) is 0 Å². The van der Waals surface area contributed by atoms with Gasteiger partial charge in [0.05, 0.1) is 12.6 Å². The van der Waals surface area contributed by atoms with Gasteiger partial charge in [0, 0.05) is 25.7 Å². The van der Waals surface area contributed by atoms with Gasteiger partial charge in [-0.2, -0.15) is 0 Å². The van der Waals surface area contributed by atoms with Crippen molar-refractivity contribution in [3.63, 3.8) is 0 Å². The Morgan fingerprint density at radius 3 is 3.22 bits per heavy atom. The molecule has 0 spiro atoms. The van der Waals surface area contributed by atoms with E-state index in [1.807, 2.05) is 22.7 Å². The summed E-state index contributed by atoms with van der Waals surface area (Å²) >= 11 is 9.59. The highest BCUT2D eigenvalue weighted by atomic mass is 32.1. The molecule has 1 aliphatic heterocycles. The summed E-state index contributed by atoms with van der Waals surface area (Å²) in [6, 6.07) is 4.98. The smallest absolute Gasteiger partial charge is 0.0666 e. The van der Waals surface area contributed by atoms with Crippen LogP contribution in [0.5, 0.6) is 0 Å². The van der Waals surface area contributed by atoms with Crippen molar-refractivity contribution in [3.8, 4) is 0 Å². The normalized spacial score (nSPS) is 29.0. The second-order valence-corrected chi connectivity index (χ2v) is 9.37. The van der Waals surface area contributed by atoms with E-state index in [9.17, 15) is 0 Å². The molecular weight excluding hydrogens is 342 g/mol. The van der Waals surface area contributed by atoms with Crippen molar-refractivity contribution in [2.24, 2.45) is 5.92 Å². The molecule has 2 nitrogen and oxygen atoms in total. The van der Waals surface area contributed by atoms with Crippen LogP contribution in [0.15, 0.2) is 17.5 Å². The standard InChI is InChI=1S/C18H23NOS3/c21-15(14-11-20-6-1-5-19-14)9-12-2-3-13(8-12)17-10-18-16(23-17)4-7-22-18/h4,7,10,12-14,19H,1-3,5-6,8-9,11H2/t12?,13?,14-/m0/s1. The third-order valence-corrected chi connectivity index (χ3v) is 7.83. The number of thiophene rings is 2. The summed E-state index contributed by atoms with van der Waals surface area (Å²) in [5, 5.41) is 5.75. The third kappa shape index (κ3) is 3.69. The van der Waals surface area contributed by atoms with E-state index in [0.717, 1.165) is 44.4 Å². The van der Waals surface area contributed by atoms with Gasteiger partial charge in [-0.1, -0.05) is 12.2 Å². The Hall–Kier alpha value is -0.330. The molecule has 5 heteroatoms. The van der Waals surface area contributed by atoms with Crippen molar-refractivity contribution in [1.29, 1.82) is 0 Å². The summed E-state index contributed by atoms with van der Waals surface area (Å²) in [4.78, 5) is 2.78. The molecule has 0 radical (unpaired) electrons. The highest BCUT2D eigenvalue weighted by Gasteiger charge is 2.29. The molecule has 2 aromatic heterocycles. The van der Waals surface area contributed by atoms with E-state index in [-0.39, 0.29) is 0 Å². The van der Waals surface area contributed by atoms with Gasteiger partial charge in [-0.3, -0.25) is 0 Å². The van der Waals surface area contributed by atoms with Crippen LogP contribution in [0.25, 0.3) is 9.40 Å². The zero-order valence-corrected chi connectivity index (χ0v) is 15.7. The molecule has 0 aromatic carbocycles. The average molecular weight is 366 g/mol. The quantitative estimate of drug-likeness (QED) is 0.772. The van der Waals surface area contributed by atoms with Crippen LogP contribution in [0.3, 0.4) is 0 Å². The molecule has 2 unspecified atom stereocenters. The zero-order valence-electron chi connectivity index (χ0n) is 13.3. The van der Waals surface area contributed by atoms with Gasteiger partial charge in [0.15, 0.2) is 0 Å². The Bertz CT molecular complexity index is 640. The molecule has 2 fully saturated rings. The van der Waals surface area contributed by atoms with E-state index in [1.165, 1.54) is 33.5 Å². The van der Waals surface area contributed by atoms with Crippen LogP contribution in [-0.4, -0.2) is 30.7 Å². The summed E-state index contributed by atoms with van der Waals surface area (Å²) in [6.07, 6.45) is 6.15. The number of hydrogen-bond donors (Lipinski definition) is 1. The lowest BCUT2D eigenvalue weighted by molar-refractivity contribution is 0.143. The fraction of sp³-hybridized carbons (Fsp3) is 0.611. The summed E-state index contributed by atoms with van der Waals surface area (Å²) in [7, 11) is 0. The second kappa shape index (κ2) is 7.28. The van der Waals surface area contributed by atoms with Crippen LogP contribution in [-0.2, 0) is 4.74 Å². The molecule has 4 rings (SSSR count). The van der Waals surface area contributed by atoms with Crippen LogP contribution < -0.4 is 5.32 Å². The Balaban J connectivity index is 1.34. The van der Waals surface area contributed by atoms with Crippen molar-refractivity contribution in [3.05, 3.63) is 22.4 Å². The van der Waals surface area contributed by atoms with Gasteiger partial charge >= 0.3 is 0 Å². The summed E-state index contributed by atoms with van der Waals surface area (Å²) < 4.78 is 8.58. The molecule has 3 atom stereocenters. The molecule has 1 saturated heterocycles. The molecule has 23 heavy (non-hydrogen) atoms. The van der Waals surface area contributed by atoms with E-state index in [1.54, 1.807) is 4.88 Å². The van der Waals surface area contributed by atoms with Crippen molar-refractivity contribution in [2.45, 2.75) is 44.1 Å². The maximum Gasteiger partial charge on any atom is 0.0666 e. The van der Waals surface area contributed by atoms with Gasteiger partial charge in [-0.25, -0.2) is 0 Å². The molecule has 2 aliphatic rings. The molecule has 1 N–H and O–H groups in total. The van der Waals surface area contributed by atoms with Crippen LogP contribution in [0.4, 0.5) is 0 Å². The van der Waals surface area contributed by atoms with Gasteiger partial charge in [-0.15, -0.1) is 22.7 Å². The minimum absolute atomic E-state index is 0.290. The molecule has 124 valence electrons. The Kier molecular flexibility index (Phi) is 5.11. The maximum atomic E-state index is 5.73. The van der Waals surface area contributed by atoms with Gasteiger partial charge in [0.1, 0.15) is 0 Å².